The zero-order valence-corrected chi connectivity index (χ0v) is 27.4. The van der Waals surface area contributed by atoms with Gasteiger partial charge in [0, 0.05) is 43.9 Å². The van der Waals surface area contributed by atoms with E-state index in [4.69, 9.17) is 48.1 Å². The summed E-state index contributed by atoms with van der Waals surface area (Å²) in [5.74, 6) is 0.960. The molecule has 0 bridgehead atoms. The molecule has 0 aliphatic heterocycles. The summed E-state index contributed by atoms with van der Waals surface area (Å²) in [6.45, 7) is 4.07. The molecule has 3 aromatic carbocycles. The molecule has 45 heavy (non-hydrogen) atoms. The van der Waals surface area contributed by atoms with Gasteiger partial charge in [-0.15, -0.1) is 0 Å². The normalized spacial score (nSPS) is 13.5. The summed E-state index contributed by atoms with van der Waals surface area (Å²) in [5.41, 5.74) is 11.3. The van der Waals surface area contributed by atoms with E-state index < -0.39 is 0 Å². The van der Waals surface area contributed by atoms with E-state index in [2.05, 4.69) is 12.1 Å². The van der Waals surface area contributed by atoms with Crippen molar-refractivity contribution in [1.29, 1.82) is 0 Å². The van der Waals surface area contributed by atoms with Crippen molar-refractivity contribution in [1.82, 2.24) is 9.88 Å². The fourth-order valence-corrected chi connectivity index (χ4v) is 6.27. The van der Waals surface area contributed by atoms with E-state index in [1.54, 1.807) is 7.11 Å². The zero-order valence-electron chi connectivity index (χ0n) is 25.9. The molecule has 1 amide bonds. The lowest BCUT2D eigenvalue weighted by Crippen LogP contribution is -2.41. The van der Waals surface area contributed by atoms with Crippen LogP contribution in [0.1, 0.15) is 41.6 Å². The lowest BCUT2D eigenvalue weighted by molar-refractivity contribution is -0.136. The van der Waals surface area contributed by atoms with E-state index in [0.717, 1.165) is 59.0 Å². The predicted molar refractivity (Wildman–Crippen MR) is 180 cm³/mol. The van der Waals surface area contributed by atoms with Gasteiger partial charge in [-0.3, -0.25) is 9.78 Å². The number of rotatable bonds is 16. The average molecular weight is 651 g/mol. The molecule has 0 saturated heterocycles. The Morgan fingerprint density at radius 3 is 2.40 bits per heavy atom. The molecule has 1 saturated carbocycles. The SMILES string of the molecule is COCCCc1cc(CN(C(=O)[C@@H](CN)Cc2ccc(OCCOc3c(Cl)cc(C)cc3Cl)cc2)C2CC2)c2ccccc2n1. The summed E-state index contributed by atoms with van der Waals surface area (Å²) in [4.78, 5) is 20.9. The maximum Gasteiger partial charge on any atom is 0.227 e. The summed E-state index contributed by atoms with van der Waals surface area (Å²) in [6.07, 6.45) is 4.33. The van der Waals surface area contributed by atoms with E-state index in [1.165, 1.54) is 0 Å². The maximum atomic E-state index is 14.0. The summed E-state index contributed by atoms with van der Waals surface area (Å²) in [6, 6.07) is 22.0. The van der Waals surface area contributed by atoms with Gasteiger partial charge < -0.3 is 24.8 Å². The summed E-state index contributed by atoms with van der Waals surface area (Å²) in [5, 5.41) is 2.04. The first-order chi connectivity index (χ1) is 21.9. The highest BCUT2D eigenvalue weighted by atomic mass is 35.5. The highest BCUT2D eigenvalue weighted by Gasteiger charge is 2.36. The van der Waals surface area contributed by atoms with Crippen molar-refractivity contribution in [2.45, 2.75) is 51.6 Å². The Labute approximate surface area is 275 Å². The van der Waals surface area contributed by atoms with Gasteiger partial charge in [0.1, 0.15) is 19.0 Å². The third kappa shape index (κ3) is 8.88. The van der Waals surface area contributed by atoms with Crippen LogP contribution in [0.25, 0.3) is 10.9 Å². The number of halogens is 2. The minimum Gasteiger partial charge on any atom is -0.490 e. The Morgan fingerprint density at radius 1 is 1.00 bits per heavy atom. The number of nitrogens with zero attached hydrogens (tertiary/aromatic N) is 2. The van der Waals surface area contributed by atoms with Crippen LogP contribution in [0.15, 0.2) is 66.7 Å². The number of amides is 1. The maximum absolute atomic E-state index is 14.0. The van der Waals surface area contributed by atoms with Crippen LogP contribution in [0.5, 0.6) is 11.5 Å². The van der Waals surface area contributed by atoms with Gasteiger partial charge in [0.15, 0.2) is 5.75 Å². The number of ether oxygens (including phenoxy) is 3. The molecular weight excluding hydrogens is 609 g/mol. The standard InChI is InChI=1S/C36H41Cl2N3O4/c1-24-18-32(37)35(33(38)19-24)45-17-16-44-30-13-9-25(10-14-30)20-26(22-39)36(42)41(29-11-12-29)23-27-21-28(6-5-15-43-2)40-34-8-4-3-7-31(27)34/h3-4,7-10,13-14,18-19,21,26,29H,5-6,11-12,15-17,20,22-23,39H2,1-2H3/t26-/m1/s1. The molecule has 2 N–H and O–H groups in total. The van der Waals surface area contributed by atoms with Gasteiger partial charge in [0.05, 0.1) is 21.5 Å². The smallest absolute Gasteiger partial charge is 0.227 e. The predicted octanol–water partition coefficient (Wildman–Crippen LogP) is 7.20. The molecular formula is C36H41Cl2N3O4. The fraction of sp³-hybridized carbons (Fsp3) is 0.389. The fourth-order valence-electron chi connectivity index (χ4n) is 5.56. The topological polar surface area (TPSA) is 86.9 Å². The van der Waals surface area contributed by atoms with Crippen LogP contribution in [0.3, 0.4) is 0 Å². The Morgan fingerprint density at radius 2 is 1.71 bits per heavy atom. The van der Waals surface area contributed by atoms with Gasteiger partial charge in [-0.2, -0.15) is 0 Å². The summed E-state index contributed by atoms with van der Waals surface area (Å²) < 4.78 is 16.9. The van der Waals surface area contributed by atoms with Crippen molar-refractivity contribution in [2.75, 3.05) is 33.5 Å². The molecule has 0 radical (unpaired) electrons. The van der Waals surface area contributed by atoms with Gasteiger partial charge in [-0.05, 0) is 92.1 Å². The van der Waals surface area contributed by atoms with Crippen LogP contribution in [0, 0.1) is 12.8 Å². The highest BCUT2D eigenvalue weighted by molar-refractivity contribution is 6.37. The van der Waals surface area contributed by atoms with E-state index in [-0.39, 0.29) is 24.4 Å². The first-order valence-electron chi connectivity index (χ1n) is 15.5. The molecule has 1 aliphatic rings. The number of aryl methyl sites for hydroxylation is 2. The molecule has 1 heterocycles. The Balaban J connectivity index is 1.20. The van der Waals surface area contributed by atoms with Crippen LogP contribution >= 0.6 is 23.2 Å². The molecule has 238 valence electrons. The lowest BCUT2D eigenvalue weighted by Gasteiger charge is -2.28. The Kier molecular flexibility index (Phi) is 11.6. The van der Waals surface area contributed by atoms with Gasteiger partial charge in [0.2, 0.25) is 5.91 Å². The minimum atomic E-state index is -0.316. The van der Waals surface area contributed by atoms with Crippen molar-refractivity contribution in [3.63, 3.8) is 0 Å². The summed E-state index contributed by atoms with van der Waals surface area (Å²) in [7, 11) is 1.71. The van der Waals surface area contributed by atoms with Gasteiger partial charge in [0.25, 0.3) is 0 Å². The molecule has 1 aromatic heterocycles. The monoisotopic (exact) mass is 649 g/mol. The number of aromatic nitrogens is 1. The van der Waals surface area contributed by atoms with Crippen LogP contribution in [-0.4, -0.2) is 55.3 Å². The third-order valence-corrected chi connectivity index (χ3v) is 8.59. The average Bonchev–Trinajstić information content (AvgIpc) is 3.87. The number of hydrogen-bond acceptors (Lipinski definition) is 6. The van der Waals surface area contributed by atoms with Crippen LogP contribution < -0.4 is 15.2 Å². The first kappa shape index (κ1) is 33.0. The molecule has 9 heteroatoms. The molecule has 4 aromatic rings. The van der Waals surface area contributed by atoms with Crippen molar-refractivity contribution in [3.05, 3.63) is 99.2 Å². The number of pyridine rings is 1. The third-order valence-electron chi connectivity index (χ3n) is 8.03. The summed E-state index contributed by atoms with van der Waals surface area (Å²) >= 11 is 12.5. The van der Waals surface area contributed by atoms with Crippen molar-refractivity contribution in [3.8, 4) is 11.5 Å². The second-order valence-corrected chi connectivity index (χ2v) is 12.4. The van der Waals surface area contributed by atoms with E-state index >= 15 is 0 Å². The molecule has 1 fully saturated rings. The first-order valence-corrected chi connectivity index (χ1v) is 16.3. The van der Waals surface area contributed by atoms with Crippen molar-refractivity contribution in [2.24, 2.45) is 11.7 Å². The minimum absolute atomic E-state index is 0.104. The number of benzene rings is 3. The Bertz CT molecular complexity index is 1570. The number of methoxy groups -OCH3 is 1. The number of hydrogen-bond donors (Lipinski definition) is 1. The number of carbonyl (C=O) groups is 1. The molecule has 1 aliphatic carbocycles. The van der Waals surface area contributed by atoms with Crippen molar-refractivity contribution >= 4 is 40.0 Å². The van der Waals surface area contributed by atoms with Crippen LogP contribution in [-0.2, 0) is 28.9 Å². The molecule has 0 unspecified atom stereocenters. The van der Waals surface area contributed by atoms with E-state index in [9.17, 15) is 4.79 Å². The molecule has 7 nitrogen and oxygen atoms in total. The largest absolute Gasteiger partial charge is 0.490 e. The molecule has 1 atom stereocenters. The highest BCUT2D eigenvalue weighted by Crippen LogP contribution is 2.34. The van der Waals surface area contributed by atoms with Crippen LogP contribution in [0.4, 0.5) is 0 Å². The number of para-hydroxylation sites is 1. The number of nitrogens with two attached hydrogens (primary N) is 1. The van der Waals surface area contributed by atoms with E-state index in [0.29, 0.717) is 54.3 Å². The number of fused-ring (bicyclic) bond motifs is 1. The Hall–Kier alpha value is -3.36. The number of carbonyl (C=O) groups excluding carboxylic acids is 1. The molecule has 0 spiro atoms. The quantitative estimate of drug-likeness (QED) is 0.129. The zero-order chi connectivity index (χ0) is 31.8. The van der Waals surface area contributed by atoms with E-state index in [1.807, 2.05) is 66.4 Å². The van der Waals surface area contributed by atoms with Gasteiger partial charge in [-0.1, -0.05) is 53.5 Å². The van der Waals surface area contributed by atoms with Gasteiger partial charge >= 0.3 is 0 Å². The second-order valence-electron chi connectivity index (χ2n) is 11.6. The van der Waals surface area contributed by atoms with Crippen LogP contribution in [0.2, 0.25) is 10.0 Å². The molecule has 5 rings (SSSR count). The van der Waals surface area contributed by atoms with Crippen molar-refractivity contribution < 1.29 is 19.0 Å². The van der Waals surface area contributed by atoms with Gasteiger partial charge in [-0.25, -0.2) is 0 Å². The lowest BCUT2D eigenvalue weighted by atomic mass is 9.97. The second kappa shape index (κ2) is 15.8.